The van der Waals surface area contributed by atoms with Gasteiger partial charge in [-0.15, -0.1) is 0 Å². The lowest BCUT2D eigenvalue weighted by Gasteiger charge is -2.08. The van der Waals surface area contributed by atoms with Crippen molar-refractivity contribution in [2.75, 3.05) is 24.7 Å². The molecule has 0 bridgehead atoms. The molecule has 0 saturated heterocycles. The third-order valence-electron chi connectivity index (χ3n) is 2.41. The Morgan fingerprint density at radius 1 is 1.41 bits per heavy atom. The summed E-state index contributed by atoms with van der Waals surface area (Å²) in [6, 6.07) is 5.58. The van der Waals surface area contributed by atoms with Gasteiger partial charge < -0.3 is 20.8 Å². The van der Waals surface area contributed by atoms with E-state index in [2.05, 4.69) is 15.3 Å². The molecule has 0 aliphatic heterocycles. The number of methoxy groups -OCH3 is 1. The van der Waals surface area contributed by atoms with Crippen LogP contribution >= 0.6 is 0 Å². The summed E-state index contributed by atoms with van der Waals surface area (Å²) in [4.78, 5) is 7.21. The highest BCUT2D eigenvalue weighted by Gasteiger charge is 1.99. The van der Waals surface area contributed by atoms with E-state index in [0.29, 0.717) is 5.69 Å². The van der Waals surface area contributed by atoms with Crippen LogP contribution in [0.15, 0.2) is 30.6 Å². The van der Waals surface area contributed by atoms with Gasteiger partial charge in [0.2, 0.25) is 0 Å². The number of hydrogen-bond donors (Lipinski definition) is 3. The Balaban J connectivity index is 1.92. The summed E-state index contributed by atoms with van der Waals surface area (Å²) in [5.74, 6) is 1.72. The normalized spacial score (nSPS) is 10.2. The number of aromatic nitrogens is 2. The van der Waals surface area contributed by atoms with E-state index in [4.69, 9.17) is 10.5 Å². The highest BCUT2D eigenvalue weighted by molar-refractivity contribution is 5.59. The fourth-order valence-corrected chi connectivity index (χ4v) is 1.60. The number of nitrogens with two attached hydrogens (primary N) is 1. The van der Waals surface area contributed by atoms with Crippen LogP contribution in [0.25, 0.3) is 0 Å². The number of anilines is 2. The maximum absolute atomic E-state index is 5.76. The zero-order chi connectivity index (χ0) is 12.1. The number of imidazole rings is 1. The second-order valence-electron chi connectivity index (χ2n) is 3.71. The van der Waals surface area contributed by atoms with E-state index in [1.165, 1.54) is 0 Å². The van der Waals surface area contributed by atoms with Crippen molar-refractivity contribution in [1.82, 2.24) is 9.97 Å². The van der Waals surface area contributed by atoms with Crippen molar-refractivity contribution in [3.63, 3.8) is 0 Å². The van der Waals surface area contributed by atoms with Crippen molar-refractivity contribution in [2.45, 2.75) is 6.42 Å². The summed E-state index contributed by atoms with van der Waals surface area (Å²) in [5.41, 5.74) is 7.40. The van der Waals surface area contributed by atoms with Crippen LogP contribution in [0.4, 0.5) is 11.4 Å². The lowest BCUT2D eigenvalue weighted by Crippen LogP contribution is -2.06. The number of rotatable bonds is 5. The van der Waals surface area contributed by atoms with Gasteiger partial charge in [-0.1, -0.05) is 0 Å². The summed E-state index contributed by atoms with van der Waals surface area (Å²) in [6.45, 7) is 0.792. The predicted molar refractivity (Wildman–Crippen MR) is 68.2 cm³/mol. The van der Waals surface area contributed by atoms with Crippen LogP contribution in [0.2, 0.25) is 0 Å². The van der Waals surface area contributed by atoms with E-state index in [-0.39, 0.29) is 0 Å². The van der Waals surface area contributed by atoms with Crippen molar-refractivity contribution in [1.29, 1.82) is 0 Å². The van der Waals surface area contributed by atoms with Crippen molar-refractivity contribution >= 4 is 11.4 Å². The van der Waals surface area contributed by atoms with Crippen LogP contribution in [0, 0.1) is 0 Å². The largest absolute Gasteiger partial charge is 0.497 e. The maximum Gasteiger partial charge on any atom is 0.122 e. The van der Waals surface area contributed by atoms with E-state index in [1.807, 2.05) is 18.3 Å². The molecule has 0 radical (unpaired) electrons. The Kier molecular flexibility index (Phi) is 3.49. The Labute approximate surface area is 100 Å². The number of ether oxygens (including phenoxy) is 1. The van der Waals surface area contributed by atoms with E-state index < -0.39 is 0 Å². The molecular formula is C12H16N4O. The minimum atomic E-state index is 0.685. The van der Waals surface area contributed by atoms with Crippen molar-refractivity contribution in [3.8, 4) is 5.75 Å². The highest BCUT2D eigenvalue weighted by atomic mass is 16.5. The number of nitrogens with one attached hydrogen (secondary N) is 2. The van der Waals surface area contributed by atoms with Crippen LogP contribution in [-0.4, -0.2) is 23.6 Å². The van der Waals surface area contributed by atoms with E-state index in [0.717, 1.165) is 30.2 Å². The first kappa shape index (κ1) is 11.3. The molecule has 0 saturated carbocycles. The average Bonchev–Trinajstić information content (AvgIpc) is 2.81. The number of H-pyrrole nitrogens is 1. The molecule has 0 fully saturated rings. The molecular weight excluding hydrogens is 216 g/mol. The molecule has 4 N–H and O–H groups in total. The SMILES string of the molecule is COc1cc(N)cc(NCCc2ncc[nH]2)c1. The molecule has 0 unspecified atom stereocenters. The zero-order valence-corrected chi connectivity index (χ0v) is 9.73. The molecule has 5 nitrogen and oxygen atoms in total. The first-order valence-electron chi connectivity index (χ1n) is 5.44. The van der Waals surface area contributed by atoms with Gasteiger partial charge >= 0.3 is 0 Å². The molecule has 1 aromatic carbocycles. The average molecular weight is 232 g/mol. The molecule has 0 aliphatic rings. The molecule has 5 heteroatoms. The molecule has 2 rings (SSSR count). The fourth-order valence-electron chi connectivity index (χ4n) is 1.60. The minimum Gasteiger partial charge on any atom is -0.497 e. The number of hydrogen-bond acceptors (Lipinski definition) is 4. The summed E-state index contributed by atoms with van der Waals surface area (Å²) >= 11 is 0. The first-order valence-corrected chi connectivity index (χ1v) is 5.44. The summed E-state index contributed by atoms with van der Waals surface area (Å²) in [7, 11) is 1.63. The Hall–Kier alpha value is -2.17. The third-order valence-corrected chi connectivity index (χ3v) is 2.41. The Morgan fingerprint density at radius 3 is 3.00 bits per heavy atom. The van der Waals surface area contributed by atoms with Crippen LogP contribution in [0.3, 0.4) is 0 Å². The molecule has 2 aromatic rings. The second kappa shape index (κ2) is 5.25. The maximum atomic E-state index is 5.76. The highest BCUT2D eigenvalue weighted by Crippen LogP contribution is 2.21. The Bertz CT molecular complexity index is 467. The summed E-state index contributed by atoms with van der Waals surface area (Å²) in [5, 5.41) is 3.28. The molecule has 0 spiro atoms. The molecule has 0 amide bonds. The lowest BCUT2D eigenvalue weighted by atomic mass is 10.2. The van der Waals surface area contributed by atoms with E-state index >= 15 is 0 Å². The zero-order valence-electron chi connectivity index (χ0n) is 9.73. The van der Waals surface area contributed by atoms with Crippen molar-refractivity contribution in [2.24, 2.45) is 0 Å². The van der Waals surface area contributed by atoms with Crippen LogP contribution < -0.4 is 15.8 Å². The Morgan fingerprint density at radius 2 is 2.29 bits per heavy atom. The smallest absolute Gasteiger partial charge is 0.122 e. The van der Waals surface area contributed by atoms with Gasteiger partial charge in [-0.3, -0.25) is 0 Å². The van der Waals surface area contributed by atoms with Gasteiger partial charge in [0.25, 0.3) is 0 Å². The monoisotopic (exact) mass is 232 g/mol. The minimum absolute atomic E-state index is 0.685. The number of nitrogen functional groups attached to an aromatic ring is 1. The molecule has 17 heavy (non-hydrogen) atoms. The summed E-state index contributed by atoms with van der Waals surface area (Å²) in [6.07, 6.45) is 4.40. The van der Waals surface area contributed by atoms with E-state index in [9.17, 15) is 0 Å². The van der Waals surface area contributed by atoms with Gasteiger partial charge in [-0.05, 0) is 6.07 Å². The quantitative estimate of drug-likeness (QED) is 0.685. The van der Waals surface area contributed by atoms with E-state index in [1.54, 1.807) is 19.4 Å². The van der Waals surface area contributed by atoms with Crippen molar-refractivity contribution in [3.05, 3.63) is 36.4 Å². The molecule has 90 valence electrons. The molecule has 0 aliphatic carbocycles. The third kappa shape index (κ3) is 3.14. The summed E-state index contributed by atoms with van der Waals surface area (Å²) < 4.78 is 5.15. The standard InChI is InChI=1S/C12H16N4O/c1-17-11-7-9(13)6-10(8-11)14-3-2-12-15-4-5-16-12/h4-8,14H,2-3,13H2,1H3,(H,15,16). The van der Waals surface area contributed by atoms with Crippen LogP contribution in [0.5, 0.6) is 5.75 Å². The lowest BCUT2D eigenvalue weighted by molar-refractivity contribution is 0.415. The topological polar surface area (TPSA) is 76.0 Å². The predicted octanol–water partition coefficient (Wildman–Crippen LogP) is 1.66. The number of aromatic amines is 1. The molecule has 1 aromatic heterocycles. The van der Waals surface area contributed by atoms with Gasteiger partial charge in [0.15, 0.2) is 0 Å². The number of nitrogens with zero attached hydrogens (tertiary/aromatic N) is 1. The van der Waals surface area contributed by atoms with Gasteiger partial charge in [0, 0.05) is 48.9 Å². The van der Waals surface area contributed by atoms with Crippen LogP contribution in [0.1, 0.15) is 5.82 Å². The van der Waals surface area contributed by atoms with Gasteiger partial charge in [0.1, 0.15) is 11.6 Å². The molecule has 0 atom stereocenters. The van der Waals surface area contributed by atoms with Gasteiger partial charge in [-0.25, -0.2) is 4.98 Å². The van der Waals surface area contributed by atoms with Crippen LogP contribution in [-0.2, 0) is 6.42 Å². The van der Waals surface area contributed by atoms with Crippen molar-refractivity contribution < 1.29 is 4.74 Å². The fraction of sp³-hybridized carbons (Fsp3) is 0.250. The second-order valence-corrected chi connectivity index (χ2v) is 3.71. The van der Waals surface area contributed by atoms with Gasteiger partial charge in [-0.2, -0.15) is 0 Å². The molecule has 1 heterocycles. The van der Waals surface area contributed by atoms with Gasteiger partial charge in [0.05, 0.1) is 7.11 Å². The number of benzene rings is 1. The first-order chi connectivity index (χ1) is 8.28.